The Kier molecular flexibility index (Phi) is 4.72. The number of amides is 1. The van der Waals surface area contributed by atoms with Crippen molar-refractivity contribution in [3.63, 3.8) is 0 Å². The fourth-order valence-electron chi connectivity index (χ4n) is 1.54. The first kappa shape index (κ1) is 13.7. The van der Waals surface area contributed by atoms with Crippen molar-refractivity contribution < 1.29 is 4.79 Å². The largest absolute Gasteiger partial charge is 0.389 e. The molecule has 4 nitrogen and oxygen atoms in total. The van der Waals surface area contributed by atoms with Crippen molar-refractivity contribution in [3.8, 4) is 0 Å². The maximum atomic E-state index is 11.0. The Hall–Kier alpha value is -1.33. The number of hydrogen-bond acceptors (Lipinski definition) is 3. The molecule has 0 spiro atoms. The molecule has 0 bridgehead atoms. The lowest BCUT2D eigenvalue weighted by Gasteiger charge is -2.24. The van der Waals surface area contributed by atoms with E-state index >= 15 is 0 Å². The zero-order chi connectivity index (χ0) is 13.0. The first-order valence-electron chi connectivity index (χ1n) is 5.08. The summed E-state index contributed by atoms with van der Waals surface area (Å²) in [7, 11) is 0. The molecule has 0 saturated heterocycles. The lowest BCUT2D eigenvalue weighted by molar-refractivity contribution is -0.116. The van der Waals surface area contributed by atoms with Gasteiger partial charge in [0.15, 0.2) is 0 Å². The Balaban J connectivity index is 3.18. The topological polar surface area (TPSA) is 72.3 Å². The van der Waals surface area contributed by atoms with Crippen LogP contribution >= 0.6 is 23.8 Å². The number of likely N-dealkylation sites (N-methyl/N-ethyl adjacent to an activating group) is 1. The molecule has 0 fully saturated rings. The number of hydrogen-bond donors (Lipinski definition) is 2. The number of benzene rings is 1. The number of nitrogens with two attached hydrogens (primary N) is 2. The summed E-state index contributed by atoms with van der Waals surface area (Å²) >= 11 is 10.9. The van der Waals surface area contributed by atoms with Gasteiger partial charge in [-0.3, -0.25) is 4.79 Å². The van der Waals surface area contributed by atoms with Crippen molar-refractivity contribution >= 4 is 40.4 Å². The molecule has 0 aromatic heterocycles. The third-order valence-electron chi connectivity index (χ3n) is 2.29. The first-order chi connectivity index (χ1) is 7.95. The van der Waals surface area contributed by atoms with E-state index in [1.54, 1.807) is 23.1 Å². The fourth-order valence-corrected chi connectivity index (χ4v) is 1.87. The third-order valence-corrected chi connectivity index (χ3v) is 2.75. The van der Waals surface area contributed by atoms with Crippen molar-refractivity contribution in [2.24, 2.45) is 11.5 Å². The second-order valence-corrected chi connectivity index (χ2v) is 4.38. The second-order valence-electron chi connectivity index (χ2n) is 3.51. The summed E-state index contributed by atoms with van der Waals surface area (Å²) in [5, 5.41) is 0.548. The van der Waals surface area contributed by atoms with Crippen molar-refractivity contribution in [3.05, 3.63) is 28.8 Å². The van der Waals surface area contributed by atoms with Gasteiger partial charge in [-0.25, -0.2) is 0 Å². The standard InChI is InChI=1S/C11H14ClN3OS/c1-2-15(6-10(13)16)9-4-3-7(12)5-8(9)11(14)17/h3-5H,2,6H2,1H3,(H2,13,16)(H2,14,17). The van der Waals surface area contributed by atoms with Crippen molar-refractivity contribution in [2.45, 2.75) is 6.92 Å². The minimum atomic E-state index is -0.407. The Morgan fingerprint density at radius 3 is 2.59 bits per heavy atom. The van der Waals surface area contributed by atoms with E-state index in [-0.39, 0.29) is 11.5 Å². The van der Waals surface area contributed by atoms with Gasteiger partial charge in [-0.2, -0.15) is 0 Å². The van der Waals surface area contributed by atoms with Crippen LogP contribution in [0.5, 0.6) is 0 Å². The number of carbonyl (C=O) groups is 1. The van der Waals surface area contributed by atoms with Crippen LogP contribution in [0.2, 0.25) is 5.02 Å². The highest BCUT2D eigenvalue weighted by Crippen LogP contribution is 2.24. The SMILES string of the molecule is CCN(CC(N)=O)c1ccc(Cl)cc1C(N)=S. The van der Waals surface area contributed by atoms with E-state index < -0.39 is 5.91 Å². The van der Waals surface area contributed by atoms with E-state index in [0.29, 0.717) is 17.1 Å². The molecule has 1 amide bonds. The van der Waals surface area contributed by atoms with E-state index in [1.807, 2.05) is 6.92 Å². The van der Waals surface area contributed by atoms with E-state index in [4.69, 9.17) is 35.3 Å². The molecule has 0 aliphatic heterocycles. The molecule has 4 N–H and O–H groups in total. The number of halogens is 1. The molecule has 92 valence electrons. The minimum Gasteiger partial charge on any atom is -0.389 e. The monoisotopic (exact) mass is 271 g/mol. The molecule has 0 atom stereocenters. The van der Waals surface area contributed by atoms with Gasteiger partial charge in [0.25, 0.3) is 0 Å². The summed E-state index contributed by atoms with van der Waals surface area (Å²) in [6.07, 6.45) is 0. The minimum absolute atomic E-state index is 0.119. The molecule has 0 aliphatic carbocycles. The zero-order valence-corrected chi connectivity index (χ0v) is 11.0. The van der Waals surface area contributed by atoms with Crippen LogP contribution < -0.4 is 16.4 Å². The zero-order valence-electron chi connectivity index (χ0n) is 9.44. The van der Waals surface area contributed by atoms with Crippen LogP contribution in [0.1, 0.15) is 12.5 Å². The van der Waals surface area contributed by atoms with Gasteiger partial charge in [-0.1, -0.05) is 23.8 Å². The molecule has 1 aromatic rings. The molecule has 1 aromatic carbocycles. The highest BCUT2D eigenvalue weighted by molar-refractivity contribution is 7.80. The number of primary amides is 1. The van der Waals surface area contributed by atoms with Gasteiger partial charge in [-0.05, 0) is 25.1 Å². The Bertz CT molecular complexity index is 450. The summed E-state index contributed by atoms with van der Waals surface area (Å²) < 4.78 is 0. The summed E-state index contributed by atoms with van der Waals surface area (Å²) in [5.74, 6) is -0.407. The number of thiocarbonyl (C=S) groups is 1. The normalized spacial score (nSPS) is 10.0. The van der Waals surface area contributed by atoms with Crippen LogP contribution in [-0.2, 0) is 4.79 Å². The number of nitrogens with zero attached hydrogens (tertiary/aromatic N) is 1. The number of carbonyl (C=O) groups excluding carboxylic acids is 1. The van der Waals surface area contributed by atoms with E-state index in [0.717, 1.165) is 5.69 Å². The molecule has 17 heavy (non-hydrogen) atoms. The van der Waals surface area contributed by atoms with Crippen LogP contribution in [-0.4, -0.2) is 24.0 Å². The maximum absolute atomic E-state index is 11.0. The van der Waals surface area contributed by atoms with Crippen molar-refractivity contribution in [1.29, 1.82) is 0 Å². The Morgan fingerprint density at radius 2 is 2.12 bits per heavy atom. The fraction of sp³-hybridized carbons (Fsp3) is 0.273. The van der Waals surface area contributed by atoms with Crippen molar-refractivity contribution in [2.75, 3.05) is 18.0 Å². The maximum Gasteiger partial charge on any atom is 0.236 e. The molecule has 0 unspecified atom stereocenters. The quantitative estimate of drug-likeness (QED) is 0.792. The number of rotatable bonds is 5. The second kappa shape index (κ2) is 5.84. The molecule has 0 radical (unpaired) electrons. The van der Waals surface area contributed by atoms with Crippen LogP contribution in [0.3, 0.4) is 0 Å². The summed E-state index contributed by atoms with van der Waals surface area (Å²) in [6.45, 7) is 2.66. The Labute approximate surface area is 111 Å². The lowest BCUT2D eigenvalue weighted by Crippen LogP contribution is -2.34. The smallest absolute Gasteiger partial charge is 0.236 e. The van der Waals surface area contributed by atoms with Crippen molar-refractivity contribution in [1.82, 2.24) is 0 Å². The molecule has 0 heterocycles. The van der Waals surface area contributed by atoms with Crippen LogP contribution in [0.25, 0.3) is 0 Å². The van der Waals surface area contributed by atoms with Gasteiger partial charge in [-0.15, -0.1) is 0 Å². The van der Waals surface area contributed by atoms with Gasteiger partial charge in [0, 0.05) is 22.8 Å². The van der Waals surface area contributed by atoms with E-state index in [1.165, 1.54) is 0 Å². The molecule has 6 heteroatoms. The molecule has 0 aliphatic rings. The summed E-state index contributed by atoms with van der Waals surface area (Å²) in [5.41, 5.74) is 12.2. The molecule has 0 saturated carbocycles. The summed E-state index contributed by atoms with van der Waals surface area (Å²) in [6, 6.07) is 5.19. The Morgan fingerprint density at radius 1 is 1.47 bits per heavy atom. The molecular weight excluding hydrogens is 258 g/mol. The third kappa shape index (κ3) is 3.57. The lowest BCUT2D eigenvalue weighted by atomic mass is 10.1. The highest BCUT2D eigenvalue weighted by Gasteiger charge is 2.13. The predicted octanol–water partition coefficient (Wildman–Crippen LogP) is 1.29. The average Bonchev–Trinajstić information content (AvgIpc) is 2.25. The average molecular weight is 272 g/mol. The van der Waals surface area contributed by atoms with Gasteiger partial charge >= 0.3 is 0 Å². The predicted molar refractivity (Wildman–Crippen MR) is 74.4 cm³/mol. The van der Waals surface area contributed by atoms with E-state index in [9.17, 15) is 4.79 Å². The van der Waals surface area contributed by atoms with Gasteiger partial charge < -0.3 is 16.4 Å². The van der Waals surface area contributed by atoms with Gasteiger partial charge in [0.2, 0.25) is 5.91 Å². The van der Waals surface area contributed by atoms with E-state index in [2.05, 4.69) is 0 Å². The highest BCUT2D eigenvalue weighted by atomic mass is 35.5. The first-order valence-corrected chi connectivity index (χ1v) is 5.87. The molecular formula is C11H14ClN3OS. The van der Waals surface area contributed by atoms with Crippen LogP contribution in [0.15, 0.2) is 18.2 Å². The molecule has 1 rings (SSSR count). The van der Waals surface area contributed by atoms with Gasteiger partial charge in [0.1, 0.15) is 4.99 Å². The number of anilines is 1. The van der Waals surface area contributed by atoms with Crippen LogP contribution in [0, 0.1) is 0 Å². The van der Waals surface area contributed by atoms with Gasteiger partial charge in [0.05, 0.1) is 6.54 Å². The summed E-state index contributed by atoms with van der Waals surface area (Å²) in [4.78, 5) is 13.0. The van der Waals surface area contributed by atoms with Crippen LogP contribution in [0.4, 0.5) is 5.69 Å².